The van der Waals surface area contributed by atoms with Gasteiger partial charge in [-0.15, -0.1) is 0 Å². The highest BCUT2D eigenvalue weighted by Crippen LogP contribution is 2.34. The molecule has 0 saturated heterocycles. The highest BCUT2D eigenvalue weighted by atomic mass is 19.1. The number of carbonyl (C=O) groups excluding carboxylic acids is 1. The van der Waals surface area contributed by atoms with Gasteiger partial charge in [0.1, 0.15) is 5.82 Å². The number of methoxy groups -OCH3 is 1. The van der Waals surface area contributed by atoms with Crippen LogP contribution in [0.2, 0.25) is 0 Å². The maximum atomic E-state index is 14.2. The zero-order valence-electron chi connectivity index (χ0n) is 11.6. The summed E-state index contributed by atoms with van der Waals surface area (Å²) in [6.07, 6.45) is 5.77. The second-order valence-corrected chi connectivity index (χ2v) is 5.36. The molecule has 1 aromatic carbocycles. The standard InChI is InChI=1S/C16H21FO2/c1-11(16(18)19-2)13-8-9-14(15(17)10-13)12-6-4-3-5-7-12/h8-12H,3-7H2,1-2H3. The van der Waals surface area contributed by atoms with E-state index < -0.39 is 5.92 Å². The summed E-state index contributed by atoms with van der Waals surface area (Å²) >= 11 is 0. The number of hydrogen-bond donors (Lipinski definition) is 0. The zero-order chi connectivity index (χ0) is 13.8. The third kappa shape index (κ3) is 3.14. The number of rotatable bonds is 3. The van der Waals surface area contributed by atoms with Gasteiger partial charge < -0.3 is 4.74 Å². The lowest BCUT2D eigenvalue weighted by atomic mass is 9.83. The van der Waals surface area contributed by atoms with Crippen LogP contribution >= 0.6 is 0 Å². The summed E-state index contributed by atoms with van der Waals surface area (Å²) in [6.45, 7) is 1.74. The van der Waals surface area contributed by atoms with Crippen LogP contribution in [0.15, 0.2) is 18.2 Å². The Balaban J connectivity index is 2.19. The topological polar surface area (TPSA) is 26.3 Å². The smallest absolute Gasteiger partial charge is 0.312 e. The van der Waals surface area contributed by atoms with Crippen molar-refractivity contribution in [3.8, 4) is 0 Å². The van der Waals surface area contributed by atoms with Crippen molar-refractivity contribution in [2.24, 2.45) is 0 Å². The van der Waals surface area contributed by atoms with Crippen molar-refractivity contribution >= 4 is 5.97 Å². The summed E-state index contributed by atoms with van der Waals surface area (Å²) in [5, 5.41) is 0. The van der Waals surface area contributed by atoms with E-state index in [0.29, 0.717) is 11.5 Å². The molecule has 0 aromatic heterocycles. The minimum Gasteiger partial charge on any atom is -0.469 e. The fraction of sp³-hybridized carbons (Fsp3) is 0.562. The lowest BCUT2D eigenvalue weighted by Crippen LogP contribution is -2.12. The lowest BCUT2D eigenvalue weighted by molar-refractivity contribution is -0.141. The average molecular weight is 264 g/mol. The molecule has 0 bridgehead atoms. The quantitative estimate of drug-likeness (QED) is 0.767. The van der Waals surface area contributed by atoms with E-state index in [9.17, 15) is 9.18 Å². The van der Waals surface area contributed by atoms with E-state index in [1.165, 1.54) is 32.4 Å². The summed E-state index contributed by atoms with van der Waals surface area (Å²) in [4.78, 5) is 11.5. The molecule has 0 aliphatic heterocycles. The Labute approximate surface area is 114 Å². The average Bonchev–Trinajstić information content (AvgIpc) is 2.46. The number of hydrogen-bond acceptors (Lipinski definition) is 2. The van der Waals surface area contributed by atoms with E-state index in [2.05, 4.69) is 0 Å². The SMILES string of the molecule is COC(=O)C(C)c1ccc(C2CCCCC2)c(F)c1. The van der Waals surface area contributed by atoms with Crippen molar-refractivity contribution in [1.29, 1.82) is 0 Å². The molecule has 0 spiro atoms. The van der Waals surface area contributed by atoms with Gasteiger partial charge in [0.25, 0.3) is 0 Å². The predicted molar refractivity (Wildman–Crippen MR) is 72.7 cm³/mol. The first kappa shape index (κ1) is 14.0. The predicted octanol–water partition coefficient (Wildman–Crippen LogP) is 4.15. The third-order valence-corrected chi connectivity index (χ3v) is 4.12. The normalized spacial score (nSPS) is 18.1. The van der Waals surface area contributed by atoms with Gasteiger partial charge >= 0.3 is 5.97 Å². The van der Waals surface area contributed by atoms with Crippen LogP contribution in [0.3, 0.4) is 0 Å². The molecule has 1 unspecified atom stereocenters. The molecule has 1 aliphatic rings. The first-order valence-corrected chi connectivity index (χ1v) is 7.00. The molecule has 1 fully saturated rings. The van der Waals surface area contributed by atoms with Crippen molar-refractivity contribution in [1.82, 2.24) is 0 Å². The molecule has 3 heteroatoms. The fourth-order valence-electron chi connectivity index (χ4n) is 2.87. The lowest BCUT2D eigenvalue weighted by Gasteiger charge is -2.23. The van der Waals surface area contributed by atoms with E-state index in [0.717, 1.165) is 18.4 Å². The Morgan fingerprint density at radius 2 is 2.00 bits per heavy atom. The largest absolute Gasteiger partial charge is 0.469 e. The third-order valence-electron chi connectivity index (χ3n) is 4.12. The highest BCUT2D eigenvalue weighted by molar-refractivity contribution is 5.77. The van der Waals surface area contributed by atoms with Crippen LogP contribution in [-0.2, 0) is 9.53 Å². The Bertz CT molecular complexity index is 450. The van der Waals surface area contributed by atoms with Crippen LogP contribution in [0.5, 0.6) is 0 Å². The Morgan fingerprint density at radius 3 is 2.58 bits per heavy atom. The first-order chi connectivity index (χ1) is 9.13. The van der Waals surface area contributed by atoms with Crippen molar-refractivity contribution in [2.75, 3.05) is 7.11 Å². The molecule has 1 saturated carbocycles. The van der Waals surface area contributed by atoms with Crippen molar-refractivity contribution in [3.63, 3.8) is 0 Å². The number of esters is 1. The van der Waals surface area contributed by atoms with Crippen LogP contribution in [0.1, 0.15) is 62.0 Å². The molecule has 0 radical (unpaired) electrons. The summed E-state index contributed by atoms with van der Waals surface area (Å²) in [5.74, 6) is -0.582. The second kappa shape index (κ2) is 6.18. The van der Waals surface area contributed by atoms with Crippen molar-refractivity contribution in [3.05, 3.63) is 35.1 Å². The van der Waals surface area contributed by atoms with E-state index in [4.69, 9.17) is 4.74 Å². The summed E-state index contributed by atoms with van der Waals surface area (Å²) in [5.41, 5.74) is 1.49. The van der Waals surface area contributed by atoms with E-state index in [-0.39, 0.29) is 11.8 Å². The molecule has 0 amide bonds. The summed E-state index contributed by atoms with van der Waals surface area (Å²) in [6, 6.07) is 5.19. The minimum absolute atomic E-state index is 0.180. The molecule has 19 heavy (non-hydrogen) atoms. The van der Waals surface area contributed by atoms with Crippen LogP contribution in [0.25, 0.3) is 0 Å². The molecule has 0 heterocycles. The molecule has 2 nitrogen and oxygen atoms in total. The molecule has 1 aliphatic carbocycles. The molecule has 2 rings (SSSR count). The Morgan fingerprint density at radius 1 is 1.32 bits per heavy atom. The van der Waals surface area contributed by atoms with Gasteiger partial charge in [-0.05, 0) is 42.9 Å². The summed E-state index contributed by atoms with van der Waals surface area (Å²) < 4.78 is 18.9. The highest BCUT2D eigenvalue weighted by Gasteiger charge is 2.21. The van der Waals surface area contributed by atoms with Gasteiger partial charge in [-0.1, -0.05) is 31.4 Å². The number of carbonyl (C=O) groups is 1. The minimum atomic E-state index is -0.417. The van der Waals surface area contributed by atoms with Gasteiger partial charge in [0, 0.05) is 0 Å². The van der Waals surface area contributed by atoms with Gasteiger partial charge in [0.05, 0.1) is 13.0 Å². The first-order valence-electron chi connectivity index (χ1n) is 7.00. The van der Waals surface area contributed by atoms with Gasteiger partial charge in [-0.25, -0.2) is 4.39 Å². The van der Waals surface area contributed by atoms with Crippen LogP contribution in [0.4, 0.5) is 4.39 Å². The van der Waals surface area contributed by atoms with Crippen molar-refractivity contribution < 1.29 is 13.9 Å². The number of ether oxygens (including phenoxy) is 1. The Kier molecular flexibility index (Phi) is 4.56. The Hall–Kier alpha value is -1.38. The molecule has 104 valence electrons. The second-order valence-electron chi connectivity index (χ2n) is 5.36. The van der Waals surface area contributed by atoms with Gasteiger partial charge in [0.2, 0.25) is 0 Å². The molecule has 1 aromatic rings. The number of halogens is 1. The zero-order valence-corrected chi connectivity index (χ0v) is 11.6. The summed E-state index contributed by atoms with van der Waals surface area (Å²) in [7, 11) is 1.35. The molecular formula is C16H21FO2. The van der Waals surface area contributed by atoms with Gasteiger partial charge in [-0.3, -0.25) is 4.79 Å². The molecule has 0 N–H and O–H groups in total. The van der Waals surface area contributed by atoms with Crippen LogP contribution in [0, 0.1) is 5.82 Å². The maximum Gasteiger partial charge on any atom is 0.312 e. The monoisotopic (exact) mass is 264 g/mol. The molecular weight excluding hydrogens is 243 g/mol. The van der Waals surface area contributed by atoms with E-state index in [1.54, 1.807) is 6.92 Å². The van der Waals surface area contributed by atoms with Crippen LogP contribution < -0.4 is 0 Å². The van der Waals surface area contributed by atoms with Gasteiger partial charge in [0.15, 0.2) is 0 Å². The number of benzene rings is 1. The van der Waals surface area contributed by atoms with E-state index >= 15 is 0 Å². The fourth-order valence-corrected chi connectivity index (χ4v) is 2.87. The van der Waals surface area contributed by atoms with Crippen molar-refractivity contribution in [2.45, 2.75) is 50.9 Å². The maximum absolute atomic E-state index is 14.2. The van der Waals surface area contributed by atoms with E-state index in [1.807, 2.05) is 12.1 Å². The van der Waals surface area contributed by atoms with Gasteiger partial charge in [-0.2, -0.15) is 0 Å². The molecule has 1 atom stereocenters. The van der Waals surface area contributed by atoms with Crippen LogP contribution in [-0.4, -0.2) is 13.1 Å².